The summed E-state index contributed by atoms with van der Waals surface area (Å²) in [5, 5.41) is 8.65. The van der Waals surface area contributed by atoms with Crippen LogP contribution >= 0.6 is 35.8 Å². The number of carbonyl (C=O) groups excluding carboxylic acids is 1. The summed E-state index contributed by atoms with van der Waals surface area (Å²) in [4.78, 5) is 22.7. The fourth-order valence-corrected chi connectivity index (χ4v) is 2.48. The van der Waals surface area contributed by atoms with Crippen LogP contribution < -0.4 is 4.74 Å². The summed E-state index contributed by atoms with van der Waals surface area (Å²) in [5.41, 5.74) is 0.292. The fraction of sp³-hybridized carbons (Fsp3) is 0.385. The third kappa shape index (κ3) is 4.04. The maximum Gasteiger partial charge on any atom is 0.341 e. The first-order valence-electron chi connectivity index (χ1n) is 5.90. The zero-order valence-corrected chi connectivity index (χ0v) is 13.1. The van der Waals surface area contributed by atoms with Gasteiger partial charge >= 0.3 is 5.97 Å². The second kappa shape index (κ2) is 7.76. The van der Waals surface area contributed by atoms with Gasteiger partial charge in [0.1, 0.15) is 10.8 Å². The quantitative estimate of drug-likeness (QED) is 0.589. The maximum absolute atomic E-state index is 12.2. The predicted octanol–water partition coefficient (Wildman–Crippen LogP) is 3.60. The molecule has 0 saturated carbocycles. The van der Waals surface area contributed by atoms with Crippen molar-refractivity contribution < 1.29 is 19.4 Å². The summed E-state index contributed by atoms with van der Waals surface area (Å²) < 4.78 is 4.98. The highest BCUT2D eigenvalue weighted by Crippen LogP contribution is 2.36. The van der Waals surface area contributed by atoms with Gasteiger partial charge in [-0.25, -0.2) is 4.79 Å². The molecule has 0 saturated heterocycles. The van der Waals surface area contributed by atoms with Gasteiger partial charge in [0.05, 0.1) is 5.02 Å². The Morgan fingerprint density at radius 2 is 2.00 bits per heavy atom. The molecular weight excluding hydrogens is 323 g/mol. The molecule has 0 radical (unpaired) electrons. The number of halogens is 2. The van der Waals surface area contributed by atoms with Crippen LogP contribution in [0.25, 0.3) is 0 Å². The van der Waals surface area contributed by atoms with E-state index in [0.29, 0.717) is 17.7 Å². The molecule has 110 valence electrons. The first-order valence-corrected chi connectivity index (χ1v) is 7.28. The van der Waals surface area contributed by atoms with Crippen LogP contribution in [-0.2, 0) is 4.79 Å². The summed E-state index contributed by atoms with van der Waals surface area (Å²) >= 11 is 16.2. The SMILES string of the molecule is CC[C@H](CS)C(=O)c1ccc(OCC(=O)O)c(Cl)c1Cl. The molecule has 1 rings (SSSR count). The van der Waals surface area contributed by atoms with Crippen LogP contribution in [0.5, 0.6) is 5.75 Å². The monoisotopic (exact) mass is 336 g/mol. The molecule has 0 aliphatic carbocycles. The van der Waals surface area contributed by atoms with E-state index in [1.54, 1.807) is 0 Å². The van der Waals surface area contributed by atoms with Crippen LogP contribution in [0, 0.1) is 5.92 Å². The molecule has 0 aliphatic rings. The molecule has 0 aliphatic heterocycles. The molecule has 0 spiro atoms. The topological polar surface area (TPSA) is 63.6 Å². The molecule has 1 aromatic rings. The van der Waals surface area contributed by atoms with E-state index >= 15 is 0 Å². The van der Waals surface area contributed by atoms with E-state index in [4.69, 9.17) is 33.0 Å². The lowest BCUT2D eigenvalue weighted by atomic mass is 9.97. The van der Waals surface area contributed by atoms with E-state index in [0.717, 1.165) is 0 Å². The Morgan fingerprint density at radius 3 is 2.50 bits per heavy atom. The van der Waals surface area contributed by atoms with Crippen molar-refractivity contribution in [3.8, 4) is 5.75 Å². The van der Waals surface area contributed by atoms with Crippen molar-refractivity contribution in [2.24, 2.45) is 5.92 Å². The molecule has 1 N–H and O–H groups in total. The lowest BCUT2D eigenvalue weighted by molar-refractivity contribution is -0.139. The maximum atomic E-state index is 12.2. The number of thiol groups is 1. The molecule has 7 heteroatoms. The fourth-order valence-electron chi connectivity index (χ4n) is 1.59. The molecule has 0 aromatic heterocycles. The molecule has 0 unspecified atom stereocenters. The van der Waals surface area contributed by atoms with Gasteiger partial charge in [-0.15, -0.1) is 0 Å². The van der Waals surface area contributed by atoms with Gasteiger partial charge in [-0.1, -0.05) is 30.1 Å². The molecule has 4 nitrogen and oxygen atoms in total. The number of rotatable bonds is 7. The number of ether oxygens (including phenoxy) is 1. The van der Waals surface area contributed by atoms with Crippen molar-refractivity contribution in [2.75, 3.05) is 12.4 Å². The summed E-state index contributed by atoms with van der Waals surface area (Å²) in [6.07, 6.45) is 0.646. The zero-order chi connectivity index (χ0) is 15.3. The van der Waals surface area contributed by atoms with Gasteiger partial charge < -0.3 is 9.84 Å². The molecule has 1 atom stereocenters. The third-order valence-corrected chi connectivity index (χ3v) is 4.05. The Kier molecular flexibility index (Phi) is 6.65. The molecule has 0 amide bonds. The van der Waals surface area contributed by atoms with Crippen LogP contribution in [0.15, 0.2) is 12.1 Å². The van der Waals surface area contributed by atoms with Gasteiger partial charge in [-0.05, 0) is 18.6 Å². The number of carbonyl (C=O) groups is 2. The Labute approximate surface area is 132 Å². The van der Waals surface area contributed by atoms with E-state index in [1.165, 1.54) is 12.1 Å². The van der Waals surface area contributed by atoms with Gasteiger partial charge in [0, 0.05) is 17.2 Å². The van der Waals surface area contributed by atoms with Gasteiger partial charge in [0.15, 0.2) is 12.4 Å². The number of Topliss-reactive ketones (excluding diaryl/α,β-unsaturated/α-hetero) is 1. The summed E-state index contributed by atoms with van der Waals surface area (Å²) in [7, 11) is 0. The molecule has 20 heavy (non-hydrogen) atoms. The van der Waals surface area contributed by atoms with Crippen molar-refractivity contribution >= 4 is 47.6 Å². The molecular formula is C13H14Cl2O4S. The summed E-state index contributed by atoms with van der Waals surface area (Å²) in [6, 6.07) is 2.93. The first-order chi connectivity index (χ1) is 9.42. The highest BCUT2D eigenvalue weighted by molar-refractivity contribution is 7.80. The number of carboxylic acids is 1. The predicted molar refractivity (Wildman–Crippen MR) is 81.6 cm³/mol. The first kappa shape index (κ1) is 17.1. The molecule has 0 fully saturated rings. The Balaban J connectivity index is 3.05. The van der Waals surface area contributed by atoms with Crippen molar-refractivity contribution in [3.63, 3.8) is 0 Å². The normalized spacial score (nSPS) is 12.0. The minimum absolute atomic E-state index is 0.0350. The number of hydrogen-bond donors (Lipinski definition) is 2. The van der Waals surface area contributed by atoms with E-state index in [1.807, 2.05) is 6.92 Å². The smallest absolute Gasteiger partial charge is 0.341 e. The summed E-state index contributed by atoms with van der Waals surface area (Å²) in [6.45, 7) is 1.36. The van der Waals surface area contributed by atoms with Crippen LogP contribution in [0.2, 0.25) is 10.0 Å². The zero-order valence-electron chi connectivity index (χ0n) is 10.7. The van der Waals surface area contributed by atoms with Crippen LogP contribution in [0.4, 0.5) is 0 Å². The minimum Gasteiger partial charge on any atom is -0.480 e. The number of hydrogen-bond acceptors (Lipinski definition) is 4. The lowest BCUT2D eigenvalue weighted by Gasteiger charge is -2.14. The lowest BCUT2D eigenvalue weighted by Crippen LogP contribution is -2.16. The average Bonchev–Trinajstić information content (AvgIpc) is 2.41. The van der Waals surface area contributed by atoms with E-state index in [9.17, 15) is 9.59 Å². The van der Waals surface area contributed by atoms with Gasteiger partial charge in [0.25, 0.3) is 0 Å². The van der Waals surface area contributed by atoms with Gasteiger partial charge in [-0.3, -0.25) is 4.79 Å². The standard InChI is InChI=1S/C13H14Cl2O4S/c1-2-7(6-20)13(18)8-3-4-9(12(15)11(8)14)19-5-10(16)17/h3-4,7,20H,2,5-6H2,1H3,(H,16,17)/t7-/m1/s1. The van der Waals surface area contributed by atoms with E-state index in [2.05, 4.69) is 12.6 Å². The number of aliphatic carboxylic acids is 1. The Hall–Kier alpha value is -0.910. The number of carboxylic acid groups (broad SMARTS) is 1. The van der Waals surface area contributed by atoms with E-state index < -0.39 is 12.6 Å². The van der Waals surface area contributed by atoms with Gasteiger partial charge in [0.2, 0.25) is 0 Å². The Bertz CT molecular complexity index is 515. The van der Waals surface area contributed by atoms with Gasteiger partial charge in [-0.2, -0.15) is 12.6 Å². The second-order valence-electron chi connectivity index (χ2n) is 4.07. The van der Waals surface area contributed by atoms with Crippen LogP contribution in [0.1, 0.15) is 23.7 Å². The Morgan fingerprint density at radius 1 is 1.35 bits per heavy atom. The minimum atomic E-state index is -1.13. The average molecular weight is 337 g/mol. The molecule has 0 bridgehead atoms. The van der Waals surface area contributed by atoms with Crippen molar-refractivity contribution in [2.45, 2.75) is 13.3 Å². The van der Waals surface area contributed by atoms with E-state index in [-0.39, 0.29) is 27.5 Å². The van der Waals surface area contributed by atoms with Crippen LogP contribution in [-0.4, -0.2) is 29.2 Å². The number of ketones is 1. The largest absolute Gasteiger partial charge is 0.480 e. The second-order valence-corrected chi connectivity index (χ2v) is 5.19. The molecule has 1 aromatic carbocycles. The van der Waals surface area contributed by atoms with Crippen molar-refractivity contribution in [1.82, 2.24) is 0 Å². The van der Waals surface area contributed by atoms with Crippen LogP contribution in [0.3, 0.4) is 0 Å². The third-order valence-electron chi connectivity index (χ3n) is 2.75. The number of benzene rings is 1. The molecule has 0 heterocycles. The highest BCUT2D eigenvalue weighted by Gasteiger charge is 2.22. The summed E-state index contributed by atoms with van der Waals surface area (Å²) in [5.74, 6) is -0.953. The highest BCUT2D eigenvalue weighted by atomic mass is 35.5. The van der Waals surface area contributed by atoms with Crippen molar-refractivity contribution in [3.05, 3.63) is 27.7 Å². The van der Waals surface area contributed by atoms with Crippen molar-refractivity contribution in [1.29, 1.82) is 0 Å².